The summed E-state index contributed by atoms with van der Waals surface area (Å²) < 4.78 is 33.2. The van der Waals surface area contributed by atoms with Gasteiger partial charge in [-0.2, -0.15) is 8.42 Å². The summed E-state index contributed by atoms with van der Waals surface area (Å²) in [6.45, 7) is 0. The number of ether oxygens (including phenoxy) is 1. The number of rotatable bonds is 3. The van der Waals surface area contributed by atoms with E-state index < -0.39 is 16.1 Å². The van der Waals surface area contributed by atoms with E-state index in [9.17, 15) is 8.42 Å². The molecular weight excluding hydrogens is 184 g/mol. The van der Waals surface area contributed by atoms with Crippen LogP contribution in [-0.4, -0.2) is 28.9 Å². The van der Waals surface area contributed by atoms with Gasteiger partial charge in [0.25, 0.3) is 0 Å². The fraction of sp³-hybridized carbons (Fsp3) is 0.200. The minimum atomic E-state index is -4.10. The zero-order chi connectivity index (χ0) is 9.03. The van der Waals surface area contributed by atoms with Crippen molar-refractivity contribution < 1.29 is 17.7 Å². The standard InChI is InChI=1S/C5H6N2O4S/c8-12(9,10)4-11-5-1-2-6-3-7-5/h1-3H,4H2,(H,8,9,10). The Balaban J connectivity index is 2.56. The van der Waals surface area contributed by atoms with Gasteiger partial charge in [0.1, 0.15) is 6.33 Å². The molecule has 1 N–H and O–H groups in total. The molecule has 1 aromatic rings. The molecule has 0 radical (unpaired) electrons. The lowest BCUT2D eigenvalue weighted by atomic mass is 10.6. The predicted octanol–water partition coefficient (Wildman–Crippen LogP) is -0.299. The fourth-order valence-corrected chi connectivity index (χ4v) is 0.768. The second-order valence-electron chi connectivity index (χ2n) is 1.89. The van der Waals surface area contributed by atoms with Gasteiger partial charge < -0.3 is 4.74 Å². The summed E-state index contributed by atoms with van der Waals surface area (Å²) >= 11 is 0. The Morgan fingerprint density at radius 3 is 2.83 bits per heavy atom. The lowest BCUT2D eigenvalue weighted by molar-refractivity contribution is 0.340. The molecule has 0 amide bonds. The first-order chi connectivity index (χ1) is 5.58. The Hall–Kier alpha value is -1.21. The Bertz CT molecular complexity index is 336. The average molecular weight is 190 g/mol. The molecule has 1 heterocycles. The molecule has 7 heteroatoms. The van der Waals surface area contributed by atoms with Crippen LogP contribution in [0, 0.1) is 0 Å². The van der Waals surface area contributed by atoms with E-state index in [1.807, 2.05) is 0 Å². The molecule has 0 saturated heterocycles. The molecule has 0 saturated carbocycles. The molecule has 0 atom stereocenters. The zero-order valence-electron chi connectivity index (χ0n) is 5.91. The zero-order valence-corrected chi connectivity index (χ0v) is 6.73. The van der Waals surface area contributed by atoms with Crippen molar-refractivity contribution in [2.24, 2.45) is 0 Å². The van der Waals surface area contributed by atoms with Crippen LogP contribution >= 0.6 is 0 Å². The minimum absolute atomic E-state index is 0.0997. The van der Waals surface area contributed by atoms with Crippen molar-refractivity contribution in [3.8, 4) is 5.88 Å². The lowest BCUT2D eigenvalue weighted by Crippen LogP contribution is -2.10. The van der Waals surface area contributed by atoms with E-state index in [2.05, 4.69) is 14.7 Å². The highest BCUT2D eigenvalue weighted by Gasteiger charge is 2.04. The SMILES string of the molecule is O=S(=O)(O)COc1ccncn1. The molecule has 0 spiro atoms. The number of aromatic nitrogens is 2. The highest BCUT2D eigenvalue weighted by Crippen LogP contribution is 2.01. The monoisotopic (exact) mass is 190 g/mol. The van der Waals surface area contributed by atoms with Crippen molar-refractivity contribution in [2.45, 2.75) is 0 Å². The first-order valence-corrected chi connectivity index (χ1v) is 4.53. The van der Waals surface area contributed by atoms with E-state index in [1.165, 1.54) is 18.6 Å². The predicted molar refractivity (Wildman–Crippen MR) is 39.1 cm³/mol. The Labute approximate surface area is 69.0 Å². The van der Waals surface area contributed by atoms with Crippen LogP contribution in [0.5, 0.6) is 5.88 Å². The minimum Gasteiger partial charge on any atom is -0.459 e. The topological polar surface area (TPSA) is 89.4 Å². The van der Waals surface area contributed by atoms with Gasteiger partial charge in [0.15, 0.2) is 0 Å². The van der Waals surface area contributed by atoms with E-state index in [0.717, 1.165) is 0 Å². The van der Waals surface area contributed by atoms with E-state index in [-0.39, 0.29) is 5.88 Å². The largest absolute Gasteiger partial charge is 0.459 e. The number of hydrogen-bond donors (Lipinski definition) is 1. The van der Waals surface area contributed by atoms with Crippen LogP contribution in [-0.2, 0) is 10.1 Å². The van der Waals surface area contributed by atoms with E-state index in [4.69, 9.17) is 4.55 Å². The molecule has 0 aliphatic carbocycles. The molecule has 0 unspecified atom stereocenters. The van der Waals surface area contributed by atoms with Crippen LogP contribution in [0.15, 0.2) is 18.6 Å². The summed E-state index contributed by atoms with van der Waals surface area (Å²) in [5, 5.41) is 0. The van der Waals surface area contributed by atoms with Crippen molar-refractivity contribution in [3.63, 3.8) is 0 Å². The molecule has 1 aromatic heterocycles. The van der Waals surface area contributed by atoms with Crippen LogP contribution in [0.25, 0.3) is 0 Å². The molecule has 0 aromatic carbocycles. The average Bonchev–Trinajstić information content (AvgIpc) is 2.02. The van der Waals surface area contributed by atoms with Gasteiger partial charge in [-0.3, -0.25) is 4.55 Å². The third-order valence-corrected chi connectivity index (χ3v) is 1.33. The maximum absolute atomic E-state index is 10.2. The van der Waals surface area contributed by atoms with Gasteiger partial charge in [-0.1, -0.05) is 0 Å². The van der Waals surface area contributed by atoms with Gasteiger partial charge in [-0.25, -0.2) is 9.97 Å². The molecule has 0 bridgehead atoms. The molecule has 1 rings (SSSR count). The van der Waals surface area contributed by atoms with Crippen molar-refractivity contribution in [1.82, 2.24) is 9.97 Å². The van der Waals surface area contributed by atoms with Gasteiger partial charge in [-0.05, 0) is 0 Å². The van der Waals surface area contributed by atoms with Gasteiger partial charge >= 0.3 is 10.1 Å². The van der Waals surface area contributed by atoms with Crippen LogP contribution in [0.1, 0.15) is 0 Å². The van der Waals surface area contributed by atoms with Gasteiger partial charge in [0, 0.05) is 12.3 Å². The second-order valence-corrected chi connectivity index (χ2v) is 3.29. The summed E-state index contributed by atoms with van der Waals surface area (Å²) in [7, 11) is -4.10. The lowest BCUT2D eigenvalue weighted by Gasteiger charge is -2.00. The van der Waals surface area contributed by atoms with E-state index >= 15 is 0 Å². The molecule has 12 heavy (non-hydrogen) atoms. The first-order valence-electron chi connectivity index (χ1n) is 2.92. The van der Waals surface area contributed by atoms with Crippen molar-refractivity contribution in [3.05, 3.63) is 18.6 Å². The number of nitrogens with zero attached hydrogens (tertiary/aromatic N) is 2. The Kier molecular flexibility index (Phi) is 2.56. The highest BCUT2D eigenvalue weighted by atomic mass is 32.2. The normalized spacial score (nSPS) is 11.1. The Morgan fingerprint density at radius 1 is 1.58 bits per heavy atom. The van der Waals surface area contributed by atoms with Crippen molar-refractivity contribution in [1.29, 1.82) is 0 Å². The number of hydrogen-bond acceptors (Lipinski definition) is 5. The molecule has 66 valence electrons. The van der Waals surface area contributed by atoms with Crippen LogP contribution < -0.4 is 4.74 Å². The summed E-state index contributed by atoms with van der Waals surface area (Å²) in [5.41, 5.74) is 0. The fourth-order valence-electron chi connectivity index (χ4n) is 0.499. The van der Waals surface area contributed by atoms with E-state index in [0.29, 0.717) is 0 Å². The Morgan fingerprint density at radius 2 is 2.33 bits per heavy atom. The smallest absolute Gasteiger partial charge is 0.300 e. The summed E-state index contributed by atoms with van der Waals surface area (Å²) in [6.07, 6.45) is 2.60. The molecule has 0 aliphatic heterocycles. The van der Waals surface area contributed by atoms with Gasteiger partial charge in [0.2, 0.25) is 11.8 Å². The van der Waals surface area contributed by atoms with Crippen molar-refractivity contribution >= 4 is 10.1 Å². The summed E-state index contributed by atoms with van der Waals surface area (Å²) in [4.78, 5) is 7.16. The third kappa shape index (κ3) is 3.26. The maximum Gasteiger partial charge on any atom is 0.300 e. The highest BCUT2D eigenvalue weighted by molar-refractivity contribution is 7.85. The van der Waals surface area contributed by atoms with Crippen molar-refractivity contribution in [2.75, 3.05) is 5.94 Å². The first kappa shape index (κ1) is 8.88. The second kappa shape index (κ2) is 3.46. The van der Waals surface area contributed by atoms with Gasteiger partial charge in [0.05, 0.1) is 0 Å². The maximum atomic E-state index is 10.2. The molecule has 0 aliphatic rings. The van der Waals surface area contributed by atoms with Crippen LogP contribution in [0.3, 0.4) is 0 Å². The quantitative estimate of drug-likeness (QED) is 0.658. The molecule has 6 nitrogen and oxygen atoms in total. The molecular formula is C5H6N2O4S. The van der Waals surface area contributed by atoms with Crippen LogP contribution in [0.2, 0.25) is 0 Å². The van der Waals surface area contributed by atoms with Crippen LogP contribution in [0.4, 0.5) is 0 Å². The van der Waals surface area contributed by atoms with E-state index in [1.54, 1.807) is 0 Å². The third-order valence-electron chi connectivity index (χ3n) is 0.911. The summed E-state index contributed by atoms with van der Waals surface area (Å²) in [5.74, 6) is -0.702. The molecule has 0 fully saturated rings. The van der Waals surface area contributed by atoms with Gasteiger partial charge in [-0.15, -0.1) is 0 Å². The summed E-state index contributed by atoms with van der Waals surface area (Å²) in [6, 6.07) is 1.38.